The van der Waals surface area contributed by atoms with Crippen molar-refractivity contribution in [3.8, 4) is 5.75 Å². The number of amides is 1. The normalized spacial score (nSPS) is 12.1. The van der Waals surface area contributed by atoms with Crippen molar-refractivity contribution in [2.75, 3.05) is 7.11 Å². The van der Waals surface area contributed by atoms with Crippen molar-refractivity contribution in [2.24, 2.45) is 7.05 Å². The monoisotopic (exact) mass is 388 g/mol. The van der Waals surface area contributed by atoms with Gasteiger partial charge in [0, 0.05) is 30.7 Å². The molecule has 1 unspecified atom stereocenters. The van der Waals surface area contributed by atoms with Crippen molar-refractivity contribution < 1.29 is 9.53 Å². The average Bonchev–Trinajstić information content (AvgIpc) is 3.29. The van der Waals surface area contributed by atoms with E-state index in [9.17, 15) is 4.79 Å². The summed E-state index contributed by atoms with van der Waals surface area (Å²) in [5.41, 5.74) is 3.06. The molecule has 0 spiro atoms. The van der Waals surface area contributed by atoms with E-state index in [0.717, 1.165) is 33.7 Å². The summed E-state index contributed by atoms with van der Waals surface area (Å²) < 4.78 is 9.22. The Morgan fingerprint density at radius 2 is 1.93 bits per heavy atom. The molecule has 0 radical (unpaired) electrons. The lowest BCUT2D eigenvalue weighted by molar-refractivity contribution is -0.122. The van der Waals surface area contributed by atoms with E-state index in [0.29, 0.717) is 0 Å². The van der Waals surface area contributed by atoms with Gasteiger partial charge in [0.2, 0.25) is 5.91 Å². The fourth-order valence-electron chi connectivity index (χ4n) is 3.66. The summed E-state index contributed by atoms with van der Waals surface area (Å²) in [4.78, 5) is 17.5. The number of hydrogen-bond acceptors (Lipinski definition) is 3. The Kier molecular flexibility index (Phi) is 5.08. The van der Waals surface area contributed by atoms with Crippen LogP contribution in [0.3, 0.4) is 0 Å². The van der Waals surface area contributed by atoms with Crippen LogP contribution in [0.25, 0.3) is 10.9 Å². The number of nitrogens with zero attached hydrogens (tertiary/aromatic N) is 3. The smallest absolute Gasteiger partial charge is 0.240 e. The van der Waals surface area contributed by atoms with Crippen LogP contribution in [-0.4, -0.2) is 27.1 Å². The second-order valence-electron chi connectivity index (χ2n) is 7.10. The van der Waals surface area contributed by atoms with Crippen LogP contribution in [0.2, 0.25) is 0 Å². The number of hydrogen-bond donors (Lipinski definition) is 1. The van der Waals surface area contributed by atoms with E-state index in [4.69, 9.17) is 4.74 Å². The van der Waals surface area contributed by atoms with E-state index in [1.807, 2.05) is 71.8 Å². The van der Waals surface area contributed by atoms with Gasteiger partial charge in [0.05, 0.1) is 7.11 Å². The first-order valence-electron chi connectivity index (χ1n) is 9.52. The number of fused-ring (bicyclic) bond motifs is 1. The van der Waals surface area contributed by atoms with Crippen LogP contribution >= 0.6 is 0 Å². The van der Waals surface area contributed by atoms with Crippen molar-refractivity contribution in [1.29, 1.82) is 0 Å². The molecule has 1 N–H and O–H groups in total. The Bertz CT molecular complexity index is 1140. The minimum absolute atomic E-state index is 0.0710. The van der Waals surface area contributed by atoms with E-state index in [-0.39, 0.29) is 18.5 Å². The van der Waals surface area contributed by atoms with Crippen LogP contribution in [0.5, 0.6) is 5.75 Å². The summed E-state index contributed by atoms with van der Waals surface area (Å²) in [5, 5.41) is 4.29. The second kappa shape index (κ2) is 7.83. The molecule has 0 aliphatic heterocycles. The predicted octanol–water partition coefficient (Wildman–Crippen LogP) is 3.60. The predicted molar refractivity (Wildman–Crippen MR) is 113 cm³/mol. The Balaban J connectivity index is 1.62. The highest BCUT2D eigenvalue weighted by molar-refractivity contribution is 5.84. The zero-order valence-electron chi connectivity index (χ0n) is 16.8. The van der Waals surface area contributed by atoms with Gasteiger partial charge in [-0.1, -0.05) is 30.3 Å². The van der Waals surface area contributed by atoms with Gasteiger partial charge in [-0.2, -0.15) is 0 Å². The molecular formula is C23H24N4O2. The highest BCUT2D eigenvalue weighted by atomic mass is 16.5. The number of imidazole rings is 1. The third-order valence-electron chi connectivity index (χ3n) is 5.19. The van der Waals surface area contributed by atoms with Gasteiger partial charge in [-0.05, 0) is 42.1 Å². The number of ether oxygens (including phenoxy) is 1. The van der Waals surface area contributed by atoms with Crippen molar-refractivity contribution in [1.82, 2.24) is 19.4 Å². The number of aryl methyl sites for hydroxylation is 2. The van der Waals surface area contributed by atoms with Crippen LogP contribution in [0.4, 0.5) is 0 Å². The zero-order chi connectivity index (χ0) is 20.4. The fraction of sp³-hybridized carbons (Fsp3) is 0.217. The maximum atomic E-state index is 13.0. The Morgan fingerprint density at radius 3 is 2.62 bits per heavy atom. The summed E-state index contributed by atoms with van der Waals surface area (Å²) in [6, 6.07) is 17.5. The minimum Gasteiger partial charge on any atom is -0.497 e. The first kappa shape index (κ1) is 18.8. The SMILES string of the molecule is COc1ccc(C(NC(=O)Cn2c(C)cc3ccccc32)c2nccn2C)cc1. The summed E-state index contributed by atoms with van der Waals surface area (Å²) in [6.45, 7) is 2.27. The molecule has 2 aromatic heterocycles. The number of benzene rings is 2. The van der Waals surface area contributed by atoms with E-state index in [1.54, 1.807) is 13.3 Å². The molecule has 4 rings (SSSR count). The molecule has 0 fully saturated rings. The van der Waals surface area contributed by atoms with E-state index >= 15 is 0 Å². The minimum atomic E-state index is -0.351. The number of methoxy groups -OCH3 is 1. The van der Waals surface area contributed by atoms with E-state index in [2.05, 4.69) is 22.4 Å². The molecule has 6 heteroatoms. The quantitative estimate of drug-likeness (QED) is 0.549. The molecule has 1 amide bonds. The lowest BCUT2D eigenvalue weighted by Gasteiger charge is -2.20. The number of nitrogens with one attached hydrogen (secondary N) is 1. The van der Waals surface area contributed by atoms with Crippen molar-refractivity contribution in [2.45, 2.75) is 19.5 Å². The molecule has 0 bridgehead atoms. The van der Waals surface area contributed by atoms with Gasteiger partial charge in [0.15, 0.2) is 0 Å². The van der Waals surface area contributed by atoms with Crippen LogP contribution in [0.1, 0.15) is 23.1 Å². The largest absolute Gasteiger partial charge is 0.497 e. The van der Waals surface area contributed by atoms with Gasteiger partial charge in [0.25, 0.3) is 0 Å². The number of aromatic nitrogens is 3. The topological polar surface area (TPSA) is 61.1 Å². The van der Waals surface area contributed by atoms with Gasteiger partial charge in [0.1, 0.15) is 24.2 Å². The highest BCUT2D eigenvalue weighted by Gasteiger charge is 2.21. The van der Waals surface area contributed by atoms with Crippen molar-refractivity contribution in [3.63, 3.8) is 0 Å². The molecule has 0 saturated heterocycles. The van der Waals surface area contributed by atoms with Crippen LogP contribution in [0, 0.1) is 6.92 Å². The van der Waals surface area contributed by atoms with Gasteiger partial charge in [-0.25, -0.2) is 4.98 Å². The number of carbonyl (C=O) groups is 1. The Hall–Kier alpha value is -3.54. The molecule has 1 atom stereocenters. The van der Waals surface area contributed by atoms with E-state index in [1.165, 1.54) is 0 Å². The molecule has 29 heavy (non-hydrogen) atoms. The lowest BCUT2D eigenvalue weighted by atomic mass is 10.1. The standard InChI is InChI=1S/C23H24N4O2/c1-16-14-18-6-4-5-7-20(18)27(16)15-21(28)25-22(23-24-12-13-26(23)2)17-8-10-19(29-3)11-9-17/h4-14,22H,15H2,1-3H3,(H,25,28). The number of rotatable bonds is 6. The van der Waals surface area contributed by atoms with Gasteiger partial charge in [-0.15, -0.1) is 0 Å². The molecule has 2 aromatic carbocycles. The van der Waals surface area contributed by atoms with Crippen molar-refractivity contribution in [3.05, 3.63) is 84.1 Å². The molecule has 148 valence electrons. The number of carbonyl (C=O) groups excluding carboxylic acids is 1. The molecule has 2 heterocycles. The Labute approximate surface area is 169 Å². The molecular weight excluding hydrogens is 364 g/mol. The maximum absolute atomic E-state index is 13.0. The summed E-state index contributed by atoms with van der Waals surface area (Å²) >= 11 is 0. The molecule has 0 aliphatic rings. The highest BCUT2D eigenvalue weighted by Crippen LogP contribution is 2.24. The molecule has 0 aliphatic carbocycles. The third-order valence-corrected chi connectivity index (χ3v) is 5.19. The molecule has 6 nitrogen and oxygen atoms in total. The van der Waals surface area contributed by atoms with E-state index < -0.39 is 0 Å². The fourth-order valence-corrected chi connectivity index (χ4v) is 3.66. The first-order valence-corrected chi connectivity index (χ1v) is 9.52. The van der Waals surface area contributed by atoms with Crippen LogP contribution in [-0.2, 0) is 18.4 Å². The zero-order valence-corrected chi connectivity index (χ0v) is 16.8. The lowest BCUT2D eigenvalue weighted by Crippen LogP contribution is -2.33. The maximum Gasteiger partial charge on any atom is 0.240 e. The summed E-state index contributed by atoms with van der Waals surface area (Å²) in [7, 11) is 3.56. The number of para-hydroxylation sites is 1. The molecule has 0 saturated carbocycles. The van der Waals surface area contributed by atoms with Crippen LogP contribution in [0.15, 0.2) is 67.0 Å². The Morgan fingerprint density at radius 1 is 1.17 bits per heavy atom. The van der Waals surface area contributed by atoms with Crippen molar-refractivity contribution >= 4 is 16.8 Å². The van der Waals surface area contributed by atoms with Gasteiger partial charge < -0.3 is 19.2 Å². The third kappa shape index (κ3) is 3.74. The summed E-state index contributed by atoms with van der Waals surface area (Å²) in [5.74, 6) is 1.48. The van der Waals surface area contributed by atoms with Gasteiger partial charge in [-0.3, -0.25) is 4.79 Å². The first-order chi connectivity index (χ1) is 14.1. The van der Waals surface area contributed by atoms with Crippen LogP contribution < -0.4 is 10.1 Å². The average molecular weight is 388 g/mol. The second-order valence-corrected chi connectivity index (χ2v) is 7.10. The molecule has 4 aromatic rings. The summed E-state index contributed by atoms with van der Waals surface area (Å²) in [6.07, 6.45) is 3.61. The van der Waals surface area contributed by atoms with Gasteiger partial charge >= 0.3 is 0 Å².